The Balaban J connectivity index is 4.39. The van der Waals surface area contributed by atoms with Crippen molar-refractivity contribution in [1.29, 1.82) is 0 Å². The van der Waals surface area contributed by atoms with E-state index in [2.05, 4.69) is 0 Å². The molecule has 0 unspecified atom stereocenters. The van der Waals surface area contributed by atoms with Gasteiger partial charge in [0.1, 0.15) is 6.54 Å². The Hall–Kier alpha value is -1.52. The summed E-state index contributed by atoms with van der Waals surface area (Å²) < 4.78 is 71.3. The van der Waals surface area contributed by atoms with Gasteiger partial charge in [-0.15, -0.1) is 0 Å². The first-order valence-electron chi connectivity index (χ1n) is 4.73. The van der Waals surface area contributed by atoms with Crippen molar-refractivity contribution in [3.63, 3.8) is 0 Å². The number of halogens is 6. The van der Waals surface area contributed by atoms with Gasteiger partial charge in [-0.05, 0) is 0 Å². The predicted molar refractivity (Wildman–Crippen MR) is 49.2 cm³/mol. The van der Waals surface area contributed by atoms with Gasteiger partial charge in [-0.1, -0.05) is 0 Å². The van der Waals surface area contributed by atoms with Gasteiger partial charge in [-0.2, -0.15) is 26.3 Å². The first kappa shape index (κ1) is 17.5. The van der Waals surface area contributed by atoms with Crippen LogP contribution in [0.5, 0.6) is 0 Å². The Labute approximate surface area is 103 Å². The van der Waals surface area contributed by atoms with Gasteiger partial charge in [0.25, 0.3) is 0 Å². The minimum Gasteiger partial charge on any atom is -0.480 e. The van der Waals surface area contributed by atoms with Crippen LogP contribution in [0.15, 0.2) is 0 Å². The first-order chi connectivity index (χ1) is 8.39. The molecule has 0 saturated heterocycles. The summed E-state index contributed by atoms with van der Waals surface area (Å²) in [5.41, 5.74) is 0. The molecule has 0 aliphatic carbocycles. The molecule has 0 fully saturated rings. The second-order valence-electron chi connectivity index (χ2n) is 3.55. The molecular formula is C8H10F6N2O3. The van der Waals surface area contributed by atoms with Crippen LogP contribution in [0.1, 0.15) is 0 Å². The fourth-order valence-corrected chi connectivity index (χ4v) is 1.07. The number of carboxylic acid groups (broad SMARTS) is 1. The number of aliphatic carboxylic acids is 1. The van der Waals surface area contributed by atoms with E-state index in [0.29, 0.717) is 0 Å². The van der Waals surface area contributed by atoms with E-state index in [9.17, 15) is 35.9 Å². The largest absolute Gasteiger partial charge is 0.480 e. The second kappa shape index (κ2) is 6.59. The van der Waals surface area contributed by atoms with E-state index in [1.807, 2.05) is 0 Å². The van der Waals surface area contributed by atoms with Gasteiger partial charge in [0.15, 0.2) is 0 Å². The lowest BCUT2D eigenvalue weighted by Crippen LogP contribution is -2.45. The molecule has 11 heteroatoms. The smallest absolute Gasteiger partial charge is 0.405 e. The van der Waals surface area contributed by atoms with E-state index in [1.165, 1.54) is 5.32 Å². The molecule has 0 radical (unpaired) electrons. The van der Waals surface area contributed by atoms with Crippen LogP contribution in [0.4, 0.5) is 26.3 Å². The molecule has 0 spiro atoms. The normalized spacial score (nSPS) is 12.6. The molecule has 0 bridgehead atoms. The van der Waals surface area contributed by atoms with Gasteiger partial charge in [-0.25, -0.2) is 0 Å². The van der Waals surface area contributed by atoms with Gasteiger partial charge in [0, 0.05) is 0 Å². The molecule has 112 valence electrons. The molecule has 2 N–H and O–H groups in total. The first-order valence-corrected chi connectivity index (χ1v) is 4.73. The van der Waals surface area contributed by atoms with Crippen molar-refractivity contribution < 1.29 is 41.0 Å². The van der Waals surface area contributed by atoms with Crippen LogP contribution in [0.25, 0.3) is 0 Å². The van der Waals surface area contributed by atoms with E-state index >= 15 is 0 Å². The third-order valence-corrected chi connectivity index (χ3v) is 1.61. The topological polar surface area (TPSA) is 69.6 Å². The van der Waals surface area contributed by atoms with Crippen molar-refractivity contribution in [3.8, 4) is 0 Å². The van der Waals surface area contributed by atoms with Crippen LogP contribution in [0.2, 0.25) is 0 Å². The zero-order valence-corrected chi connectivity index (χ0v) is 9.31. The molecule has 5 nitrogen and oxygen atoms in total. The standard InChI is InChI=1S/C8H10F6N2O3/c9-7(10,11)3-15-5(17)1-16(2-6(18)19)4-8(12,13)14/h1-4H2,(H,15,17)(H,18,19). The van der Waals surface area contributed by atoms with Gasteiger partial charge in [0.2, 0.25) is 5.91 Å². The number of nitrogens with one attached hydrogen (secondary N) is 1. The Kier molecular flexibility index (Phi) is 6.06. The van der Waals surface area contributed by atoms with E-state index in [4.69, 9.17) is 5.11 Å². The van der Waals surface area contributed by atoms with Crippen LogP contribution in [0.3, 0.4) is 0 Å². The van der Waals surface area contributed by atoms with Crippen molar-refractivity contribution >= 4 is 11.9 Å². The lowest BCUT2D eigenvalue weighted by atomic mass is 10.4. The highest BCUT2D eigenvalue weighted by Crippen LogP contribution is 2.16. The number of hydrogen-bond acceptors (Lipinski definition) is 3. The Morgan fingerprint density at radius 2 is 1.53 bits per heavy atom. The molecule has 0 atom stereocenters. The number of hydrogen-bond donors (Lipinski definition) is 2. The SMILES string of the molecule is O=C(O)CN(CC(=O)NCC(F)(F)F)CC(F)(F)F. The predicted octanol–water partition coefficient (Wildman–Crippen LogP) is 0.614. The summed E-state index contributed by atoms with van der Waals surface area (Å²) in [6, 6.07) is 0. The molecule has 0 heterocycles. The number of nitrogens with zero attached hydrogens (tertiary/aromatic N) is 1. The summed E-state index contributed by atoms with van der Waals surface area (Å²) in [6.07, 6.45) is -9.46. The average molecular weight is 296 g/mol. The fourth-order valence-electron chi connectivity index (χ4n) is 1.07. The molecular weight excluding hydrogens is 286 g/mol. The van der Waals surface area contributed by atoms with Gasteiger partial charge >= 0.3 is 18.3 Å². The van der Waals surface area contributed by atoms with E-state index in [1.54, 1.807) is 0 Å². The van der Waals surface area contributed by atoms with Crippen LogP contribution >= 0.6 is 0 Å². The molecule has 0 rings (SSSR count). The quantitative estimate of drug-likeness (QED) is 0.705. The van der Waals surface area contributed by atoms with Gasteiger partial charge in [0.05, 0.1) is 19.6 Å². The highest BCUT2D eigenvalue weighted by atomic mass is 19.4. The minimum absolute atomic E-state index is 0.175. The molecule has 19 heavy (non-hydrogen) atoms. The third kappa shape index (κ3) is 11.3. The Morgan fingerprint density at radius 3 is 1.89 bits per heavy atom. The Bertz CT molecular complexity index is 327. The third-order valence-electron chi connectivity index (χ3n) is 1.61. The summed E-state index contributed by atoms with van der Waals surface area (Å²) in [7, 11) is 0. The van der Waals surface area contributed by atoms with Gasteiger partial charge < -0.3 is 10.4 Å². The Morgan fingerprint density at radius 1 is 1.00 bits per heavy atom. The van der Waals surface area contributed by atoms with Crippen molar-refractivity contribution in [1.82, 2.24) is 10.2 Å². The highest BCUT2D eigenvalue weighted by Gasteiger charge is 2.33. The molecule has 0 aromatic heterocycles. The number of carbonyl (C=O) groups is 2. The van der Waals surface area contributed by atoms with Crippen molar-refractivity contribution in [2.45, 2.75) is 12.4 Å². The molecule has 0 aromatic rings. The van der Waals surface area contributed by atoms with Crippen LogP contribution in [-0.2, 0) is 9.59 Å². The minimum atomic E-state index is -4.76. The molecule has 0 saturated carbocycles. The highest BCUT2D eigenvalue weighted by molar-refractivity contribution is 5.79. The molecule has 0 aliphatic heterocycles. The summed E-state index contributed by atoms with van der Waals surface area (Å²) in [5.74, 6) is -2.98. The van der Waals surface area contributed by atoms with Crippen LogP contribution < -0.4 is 5.32 Å². The van der Waals surface area contributed by atoms with Crippen LogP contribution in [-0.4, -0.2) is 60.4 Å². The number of rotatable bonds is 6. The van der Waals surface area contributed by atoms with E-state index < -0.39 is 50.4 Å². The summed E-state index contributed by atoms with van der Waals surface area (Å²) in [5, 5.41) is 9.68. The lowest BCUT2D eigenvalue weighted by Gasteiger charge is -2.21. The molecule has 1 amide bonds. The number of carbonyl (C=O) groups excluding carboxylic acids is 1. The molecule has 0 aromatic carbocycles. The van der Waals surface area contributed by atoms with Crippen molar-refractivity contribution in [2.24, 2.45) is 0 Å². The van der Waals surface area contributed by atoms with E-state index in [0.717, 1.165) is 0 Å². The monoisotopic (exact) mass is 296 g/mol. The lowest BCUT2D eigenvalue weighted by molar-refractivity contribution is -0.157. The van der Waals surface area contributed by atoms with Crippen molar-refractivity contribution in [2.75, 3.05) is 26.2 Å². The number of amides is 1. The van der Waals surface area contributed by atoms with E-state index in [-0.39, 0.29) is 4.90 Å². The average Bonchev–Trinajstić information content (AvgIpc) is 2.09. The number of carboxylic acids is 1. The summed E-state index contributed by atoms with van der Waals surface area (Å²) >= 11 is 0. The maximum absolute atomic E-state index is 12.0. The number of alkyl halides is 6. The molecule has 0 aliphatic rings. The van der Waals surface area contributed by atoms with Crippen molar-refractivity contribution in [3.05, 3.63) is 0 Å². The maximum atomic E-state index is 12.0. The summed E-state index contributed by atoms with van der Waals surface area (Å²) in [6.45, 7) is -5.61. The second-order valence-corrected chi connectivity index (χ2v) is 3.55. The zero-order valence-electron chi connectivity index (χ0n) is 9.31. The summed E-state index contributed by atoms with van der Waals surface area (Å²) in [4.78, 5) is 21.4. The zero-order chi connectivity index (χ0) is 15.3. The fraction of sp³-hybridized carbons (Fsp3) is 0.750. The van der Waals surface area contributed by atoms with Crippen LogP contribution in [0, 0.1) is 0 Å². The van der Waals surface area contributed by atoms with Gasteiger partial charge in [-0.3, -0.25) is 14.5 Å². The maximum Gasteiger partial charge on any atom is 0.405 e.